The Labute approximate surface area is 179 Å². The number of carbonyl (C=O) groups excluding carboxylic acids is 2. The lowest BCUT2D eigenvalue weighted by molar-refractivity contribution is -0.110. The summed E-state index contributed by atoms with van der Waals surface area (Å²) in [5.41, 5.74) is 2.51. The normalized spacial score (nSPS) is 14.7. The molecule has 1 aromatic heterocycles. The van der Waals surface area contributed by atoms with Crippen LogP contribution in [0.3, 0.4) is 0 Å². The molecule has 2 N–H and O–H groups in total. The van der Waals surface area contributed by atoms with E-state index in [1.165, 1.54) is 10.9 Å². The second-order valence-electron chi connectivity index (χ2n) is 6.87. The fraction of sp³-hybridized carbons (Fsp3) is 0.545. The fourth-order valence-corrected chi connectivity index (χ4v) is 3.06. The molecule has 0 saturated carbocycles. The van der Waals surface area contributed by atoms with Crippen LogP contribution in [-0.4, -0.2) is 82.7 Å². The maximum Gasteiger partial charge on any atom is 0.124 e. The Kier molecular flexibility index (Phi) is 15.3. The van der Waals surface area contributed by atoms with Gasteiger partial charge in [0.15, 0.2) is 0 Å². The number of aliphatic hydroxyl groups is 1. The number of aromatic nitrogens is 1. The molecule has 1 atom stereocenters. The number of ether oxygens (including phenoxy) is 2. The Morgan fingerprint density at radius 2 is 2.00 bits per heavy atom. The molecule has 1 aliphatic heterocycles. The average Bonchev–Trinajstić information content (AvgIpc) is 3.44. The van der Waals surface area contributed by atoms with Gasteiger partial charge < -0.3 is 39.0 Å². The number of rotatable bonds is 7. The van der Waals surface area contributed by atoms with Crippen molar-refractivity contribution in [2.45, 2.75) is 19.6 Å². The van der Waals surface area contributed by atoms with E-state index in [-0.39, 0.29) is 0 Å². The van der Waals surface area contributed by atoms with Crippen LogP contribution in [0, 0.1) is 5.92 Å². The molecule has 0 amide bonds. The molecule has 2 heterocycles. The number of hydrogen-bond acceptors (Lipinski definition) is 7. The van der Waals surface area contributed by atoms with E-state index in [1.54, 1.807) is 14.2 Å². The van der Waals surface area contributed by atoms with Crippen LogP contribution in [0.15, 0.2) is 24.4 Å². The predicted molar refractivity (Wildman–Crippen MR) is 120 cm³/mol. The van der Waals surface area contributed by atoms with E-state index in [2.05, 4.69) is 47.2 Å². The highest BCUT2D eigenvalue weighted by atomic mass is 16.5. The summed E-state index contributed by atoms with van der Waals surface area (Å²) in [7, 11) is 8.60. The maximum absolute atomic E-state index is 9.97. The Morgan fingerprint density at radius 1 is 1.30 bits per heavy atom. The van der Waals surface area contributed by atoms with Gasteiger partial charge in [-0.05, 0) is 51.2 Å². The molecule has 0 radical (unpaired) electrons. The predicted octanol–water partition coefficient (Wildman–Crippen LogP) is 1.58. The third kappa shape index (κ3) is 9.04. The molecule has 0 spiro atoms. The van der Waals surface area contributed by atoms with Gasteiger partial charge in [0.2, 0.25) is 0 Å². The van der Waals surface area contributed by atoms with Gasteiger partial charge in [0.05, 0.1) is 12.6 Å². The molecule has 1 aliphatic rings. The molecule has 1 fully saturated rings. The Balaban J connectivity index is 0.000000636. The molecule has 1 saturated heterocycles. The largest absolute Gasteiger partial charge is 0.497 e. The minimum atomic E-state index is 0.306. The number of nitrogens with zero attached hydrogens (tertiary/aromatic N) is 2. The summed E-state index contributed by atoms with van der Waals surface area (Å²) in [6, 6.07) is 6.21. The van der Waals surface area contributed by atoms with Crippen LogP contribution in [0.4, 0.5) is 0 Å². The van der Waals surface area contributed by atoms with Crippen molar-refractivity contribution in [3.63, 3.8) is 0 Å². The highest BCUT2D eigenvalue weighted by Crippen LogP contribution is 2.26. The lowest BCUT2D eigenvalue weighted by atomic mass is 10.1. The smallest absolute Gasteiger partial charge is 0.124 e. The molecule has 2 aromatic rings. The molecular weight excluding hydrogens is 386 g/mol. The molecule has 8 nitrogen and oxygen atoms in total. The van der Waals surface area contributed by atoms with Crippen LogP contribution in [0.2, 0.25) is 0 Å². The SMILES string of the molecule is C=O.CO.COCn1cc(CCN(C)C)c2ccc(OC)cc21.O=CC1CCNC1. The van der Waals surface area contributed by atoms with Crippen molar-refractivity contribution in [3.8, 4) is 5.75 Å². The topological polar surface area (TPSA) is 93.0 Å². The van der Waals surface area contributed by atoms with Crippen LogP contribution in [0.1, 0.15) is 12.0 Å². The highest BCUT2D eigenvalue weighted by molar-refractivity contribution is 5.85. The summed E-state index contributed by atoms with van der Waals surface area (Å²) in [6.07, 6.45) is 5.27. The van der Waals surface area contributed by atoms with Gasteiger partial charge in [0.25, 0.3) is 0 Å². The first-order valence-electron chi connectivity index (χ1n) is 9.78. The Hall–Kier alpha value is -2.26. The monoisotopic (exact) mass is 423 g/mol. The van der Waals surface area contributed by atoms with Gasteiger partial charge in [-0.15, -0.1) is 0 Å². The quantitative estimate of drug-likeness (QED) is 0.653. The van der Waals surface area contributed by atoms with Gasteiger partial charge in [0, 0.05) is 50.9 Å². The van der Waals surface area contributed by atoms with Crippen molar-refractivity contribution >= 4 is 24.0 Å². The zero-order valence-corrected chi connectivity index (χ0v) is 18.9. The van der Waals surface area contributed by atoms with Crippen LogP contribution >= 0.6 is 0 Å². The van der Waals surface area contributed by atoms with Crippen molar-refractivity contribution in [1.82, 2.24) is 14.8 Å². The van der Waals surface area contributed by atoms with Crippen LogP contribution in [-0.2, 0) is 27.5 Å². The van der Waals surface area contributed by atoms with E-state index in [4.69, 9.17) is 19.4 Å². The van der Waals surface area contributed by atoms with E-state index in [1.807, 2.05) is 12.9 Å². The number of methoxy groups -OCH3 is 2. The highest BCUT2D eigenvalue weighted by Gasteiger charge is 2.11. The summed E-state index contributed by atoms with van der Waals surface area (Å²) in [6.45, 7) is 5.51. The molecule has 8 heteroatoms. The average molecular weight is 424 g/mol. The van der Waals surface area contributed by atoms with Gasteiger partial charge >= 0.3 is 0 Å². The number of fused-ring (bicyclic) bond motifs is 1. The molecule has 3 rings (SSSR count). The first-order chi connectivity index (χ1) is 14.6. The van der Waals surface area contributed by atoms with Gasteiger partial charge in [-0.2, -0.15) is 0 Å². The van der Waals surface area contributed by atoms with E-state index in [0.29, 0.717) is 12.6 Å². The lowest BCUT2D eigenvalue weighted by Crippen LogP contribution is -2.14. The van der Waals surface area contributed by atoms with Crippen molar-refractivity contribution in [2.24, 2.45) is 5.92 Å². The number of nitrogens with one attached hydrogen (secondary N) is 1. The number of likely N-dealkylation sites (N-methyl/N-ethyl adjacent to an activating group) is 1. The third-order valence-electron chi connectivity index (χ3n) is 4.56. The minimum Gasteiger partial charge on any atom is -0.497 e. The minimum absolute atomic E-state index is 0.306. The number of carbonyl (C=O) groups is 2. The second-order valence-corrected chi connectivity index (χ2v) is 6.87. The van der Waals surface area contributed by atoms with Gasteiger partial charge in [0.1, 0.15) is 25.6 Å². The van der Waals surface area contributed by atoms with Gasteiger partial charge in [-0.3, -0.25) is 0 Å². The molecule has 1 unspecified atom stereocenters. The first-order valence-corrected chi connectivity index (χ1v) is 9.78. The molecule has 170 valence electrons. The lowest BCUT2D eigenvalue weighted by Gasteiger charge is -2.08. The molecule has 0 bridgehead atoms. The fourth-order valence-electron chi connectivity index (χ4n) is 3.06. The van der Waals surface area contributed by atoms with E-state index >= 15 is 0 Å². The van der Waals surface area contributed by atoms with Crippen molar-refractivity contribution < 1.29 is 24.2 Å². The Bertz CT molecular complexity index is 712. The van der Waals surface area contributed by atoms with Crippen molar-refractivity contribution in [1.29, 1.82) is 0 Å². The molecule has 0 aliphatic carbocycles. The number of aldehydes is 1. The summed E-state index contributed by atoms with van der Waals surface area (Å²) < 4.78 is 12.7. The zero-order chi connectivity index (χ0) is 22.9. The van der Waals surface area contributed by atoms with Crippen molar-refractivity contribution in [2.75, 3.05) is 55.1 Å². The maximum atomic E-state index is 9.97. The Morgan fingerprint density at radius 3 is 2.47 bits per heavy atom. The van der Waals surface area contributed by atoms with Gasteiger partial charge in [-0.25, -0.2) is 0 Å². The van der Waals surface area contributed by atoms with Crippen LogP contribution < -0.4 is 10.1 Å². The van der Waals surface area contributed by atoms with Gasteiger partial charge in [-0.1, -0.05) is 0 Å². The number of aliphatic hydroxyl groups excluding tert-OH is 1. The number of hydrogen-bond donors (Lipinski definition) is 2. The van der Waals surface area contributed by atoms with Crippen LogP contribution in [0.25, 0.3) is 10.9 Å². The van der Waals surface area contributed by atoms with E-state index in [0.717, 1.165) is 57.1 Å². The summed E-state index contributed by atoms with van der Waals surface area (Å²) in [4.78, 5) is 20.2. The van der Waals surface area contributed by atoms with E-state index in [9.17, 15) is 4.79 Å². The zero-order valence-electron chi connectivity index (χ0n) is 18.9. The van der Waals surface area contributed by atoms with E-state index < -0.39 is 0 Å². The van der Waals surface area contributed by atoms with Crippen LogP contribution in [0.5, 0.6) is 5.75 Å². The number of benzene rings is 1. The molecule has 1 aromatic carbocycles. The standard InChI is InChI=1S/C15H22N2O2.C5H9NO.CH4O.CH2O/c1-16(2)8-7-12-10-17(11-18-3)15-9-13(19-4)5-6-14(12)15;7-4-5-1-2-6-3-5;2*1-2/h5-6,9-10H,7-8,11H2,1-4H3;4-6H,1-3H2;2H,1H3;1H2. The molecule has 30 heavy (non-hydrogen) atoms. The first kappa shape index (κ1) is 27.7. The summed E-state index contributed by atoms with van der Waals surface area (Å²) in [5.74, 6) is 1.18. The van der Waals surface area contributed by atoms with Crippen molar-refractivity contribution in [3.05, 3.63) is 30.0 Å². The summed E-state index contributed by atoms with van der Waals surface area (Å²) in [5, 5.41) is 11.4. The third-order valence-corrected chi connectivity index (χ3v) is 4.56. The molecular formula is C22H37N3O5. The summed E-state index contributed by atoms with van der Waals surface area (Å²) >= 11 is 0. The second kappa shape index (κ2) is 16.5.